The highest BCUT2D eigenvalue weighted by Gasteiger charge is 2.20. The van der Waals surface area contributed by atoms with E-state index in [2.05, 4.69) is 26.0 Å². The maximum Gasteiger partial charge on any atom is 0.145 e. The van der Waals surface area contributed by atoms with Gasteiger partial charge in [-0.15, -0.1) is 0 Å². The normalized spacial score (nSPS) is 14.6. The van der Waals surface area contributed by atoms with Crippen molar-refractivity contribution in [2.75, 3.05) is 11.9 Å². The van der Waals surface area contributed by atoms with Crippen molar-refractivity contribution in [2.24, 2.45) is 5.92 Å². The third-order valence-electron chi connectivity index (χ3n) is 4.20. The first kappa shape index (κ1) is 14.4. The van der Waals surface area contributed by atoms with E-state index in [1.54, 1.807) is 12.5 Å². The standard InChI is InChI=1S/C18H16N6/c1-24(18-15-5-7-21-17(15)22-11-23-18)14-4-6-20-16(9-14)13(10-19)8-12-2-3-12/h4-9,11-12H,2-3H2,1H3,(H,21,22,23). The van der Waals surface area contributed by atoms with E-state index in [4.69, 9.17) is 0 Å². The zero-order chi connectivity index (χ0) is 16.5. The van der Waals surface area contributed by atoms with Gasteiger partial charge in [0.2, 0.25) is 0 Å². The summed E-state index contributed by atoms with van der Waals surface area (Å²) in [6, 6.07) is 8.07. The zero-order valence-electron chi connectivity index (χ0n) is 13.3. The minimum Gasteiger partial charge on any atom is -0.346 e. The Bertz CT molecular complexity index is 961. The van der Waals surface area contributed by atoms with E-state index >= 15 is 0 Å². The van der Waals surface area contributed by atoms with Gasteiger partial charge >= 0.3 is 0 Å². The molecule has 1 N–H and O–H groups in total. The Morgan fingerprint density at radius 3 is 3.00 bits per heavy atom. The molecule has 118 valence electrons. The lowest BCUT2D eigenvalue weighted by molar-refractivity contribution is 1.09. The first-order valence-electron chi connectivity index (χ1n) is 7.86. The number of H-pyrrole nitrogens is 1. The number of rotatable bonds is 4. The van der Waals surface area contributed by atoms with Gasteiger partial charge in [-0.25, -0.2) is 9.97 Å². The molecule has 3 aromatic rings. The number of hydrogen-bond acceptors (Lipinski definition) is 5. The molecule has 1 saturated carbocycles. The molecule has 1 fully saturated rings. The molecule has 6 nitrogen and oxygen atoms in total. The Kier molecular flexibility index (Phi) is 3.47. The molecule has 24 heavy (non-hydrogen) atoms. The van der Waals surface area contributed by atoms with Gasteiger partial charge in [-0.2, -0.15) is 5.26 Å². The number of allylic oxidation sites excluding steroid dienone is 2. The molecule has 0 amide bonds. The lowest BCUT2D eigenvalue weighted by atomic mass is 10.1. The van der Waals surface area contributed by atoms with E-state index < -0.39 is 0 Å². The number of aromatic amines is 1. The SMILES string of the molecule is CN(c1ccnc(C(C#N)=CC2CC2)c1)c1ncnc2[nH]ccc12. The Morgan fingerprint density at radius 1 is 1.33 bits per heavy atom. The van der Waals surface area contributed by atoms with Gasteiger partial charge in [0.05, 0.1) is 16.7 Å². The van der Waals surface area contributed by atoms with Crippen molar-refractivity contribution in [3.63, 3.8) is 0 Å². The van der Waals surface area contributed by atoms with Gasteiger partial charge in [0.15, 0.2) is 0 Å². The summed E-state index contributed by atoms with van der Waals surface area (Å²) in [6.45, 7) is 0. The topological polar surface area (TPSA) is 81.5 Å². The summed E-state index contributed by atoms with van der Waals surface area (Å²) in [5.74, 6) is 1.34. The molecule has 4 rings (SSSR count). The summed E-state index contributed by atoms with van der Waals surface area (Å²) in [5, 5.41) is 10.4. The highest BCUT2D eigenvalue weighted by molar-refractivity contribution is 5.89. The zero-order valence-corrected chi connectivity index (χ0v) is 13.3. The molecule has 0 bridgehead atoms. The number of pyridine rings is 1. The average Bonchev–Trinajstić information content (AvgIpc) is 3.32. The Morgan fingerprint density at radius 2 is 2.21 bits per heavy atom. The average molecular weight is 316 g/mol. The molecule has 0 aromatic carbocycles. The molecule has 0 radical (unpaired) electrons. The van der Waals surface area contributed by atoms with Crippen molar-refractivity contribution < 1.29 is 0 Å². The third kappa shape index (κ3) is 2.61. The van der Waals surface area contributed by atoms with Gasteiger partial charge in [-0.1, -0.05) is 6.08 Å². The molecule has 0 unspecified atom stereocenters. The number of fused-ring (bicyclic) bond motifs is 1. The summed E-state index contributed by atoms with van der Waals surface area (Å²) in [6.07, 6.45) is 9.48. The molecule has 0 spiro atoms. The van der Waals surface area contributed by atoms with E-state index in [1.807, 2.05) is 42.4 Å². The number of nitriles is 1. The summed E-state index contributed by atoms with van der Waals surface area (Å²) in [5.41, 5.74) is 3.07. The molecule has 1 aliphatic carbocycles. The van der Waals surface area contributed by atoms with E-state index in [1.165, 1.54) is 0 Å². The minimum absolute atomic E-state index is 0.532. The second kappa shape index (κ2) is 5.78. The van der Waals surface area contributed by atoms with Gasteiger partial charge in [-0.3, -0.25) is 4.98 Å². The van der Waals surface area contributed by atoms with Gasteiger partial charge < -0.3 is 9.88 Å². The molecule has 3 aromatic heterocycles. The van der Waals surface area contributed by atoms with Crippen LogP contribution >= 0.6 is 0 Å². The molecule has 6 heteroatoms. The van der Waals surface area contributed by atoms with Crippen molar-refractivity contribution in [3.8, 4) is 6.07 Å². The van der Waals surface area contributed by atoms with Gasteiger partial charge in [0.1, 0.15) is 23.9 Å². The lowest BCUT2D eigenvalue weighted by Gasteiger charge is -2.19. The van der Waals surface area contributed by atoms with E-state index in [0.717, 1.165) is 35.4 Å². The first-order chi connectivity index (χ1) is 11.8. The summed E-state index contributed by atoms with van der Waals surface area (Å²) in [4.78, 5) is 18.1. The monoisotopic (exact) mass is 316 g/mol. The number of hydrogen-bond donors (Lipinski definition) is 1. The van der Waals surface area contributed by atoms with Crippen LogP contribution in [-0.4, -0.2) is 27.0 Å². The fourth-order valence-corrected chi connectivity index (χ4v) is 2.70. The van der Waals surface area contributed by atoms with Crippen molar-refractivity contribution in [3.05, 3.63) is 48.7 Å². The summed E-state index contributed by atoms with van der Waals surface area (Å²) < 4.78 is 0. The van der Waals surface area contributed by atoms with E-state index in [9.17, 15) is 5.26 Å². The van der Waals surface area contributed by atoms with Crippen LogP contribution in [0.4, 0.5) is 11.5 Å². The van der Waals surface area contributed by atoms with Crippen LogP contribution < -0.4 is 4.90 Å². The highest BCUT2D eigenvalue weighted by Crippen LogP contribution is 2.34. The second-order valence-corrected chi connectivity index (χ2v) is 5.93. The van der Waals surface area contributed by atoms with Crippen molar-refractivity contribution in [2.45, 2.75) is 12.8 Å². The predicted octanol–water partition coefficient (Wildman–Crippen LogP) is 3.44. The Hall–Kier alpha value is -3.20. The number of anilines is 2. The third-order valence-corrected chi connectivity index (χ3v) is 4.20. The van der Waals surface area contributed by atoms with Crippen LogP contribution in [0, 0.1) is 17.2 Å². The van der Waals surface area contributed by atoms with E-state index in [0.29, 0.717) is 17.2 Å². The maximum atomic E-state index is 9.42. The van der Waals surface area contributed by atoms with Gasteiger partial charge in [-0.05, 0) is 37.0 Å². The number of aromatic nitrogens is 4. The van der Waals surface area contributed by atoms with E-state index in [-0.39, 0.29) is 0 Å². The van der Waals surface area contributed by atoms with Crippen molar-refractivity contribution in [1.29, 1.82) is 5.26 Å². The van der Waals surface area contributed by atoms with Crippen molar-refractivity contribution in [1.82, 2.24) is 19.9 Å². The van der Waals surface area contributed by atoms with Crippen LogP contribution in [0.2, 0.25) is 0 Å². The molecular formula is C18H16N6. The molecule has 0 atom stereocenters. The first-order valence-corrected chi connectivity index (χ1v) is 7.86. The van der Waals surface area contributed by atoms with Crippen LogP contribution in [0.25, 0.3) is 16.6 Å². The molecular weight excluding hydrogens is 300 g/mol. The minimum atomic E-state index is 0.532. The molecule has 0 saturated heterocycles. The predicted molar refractivity (Wildman–Crippen MR) is 92.5 cm³/mol. The quantitative estimate of drug-likeness (QED) is 0.746. The van der Waals surface area contributed by atoms with Crippen molar-refractivity contribution >= 4 is 28.1 Å². The Labute approximate surface area is 139 Å². The van der Waals surface area contributed by atoms with Crippen LogP contribution in [0.15, 0.2) is 43.0 Å². The smallest absolute Gasteiger partial charge is 0.145 e. The lowest BCUT2D eigenvalue weighted by Crippen LogP contribution is -2.12. The summed E-state index contributed by atoms with van der Waals surface area (Å²) >= 11 is 0. The maximum absolute atomic E-state index is 9.42. The van der Waals surface area contributed by atoms with Crippen LogP contribution in [0.5, 0.6) is 0 Å². The van der Waals surface area contributed by atoms with Crippen LogP contribution in [0.1, 0.15) is 18.5 Å². The molecule has 1 aliphatic rings. The largest absolute Gasteiger partial charge is 0.346 e. The number of nitrogens with zero attached hydrogens (tertiary/aromatic N) is 5. The highest BCUT2D eigenvalue weighted by atomic mass is 15.2. The summed E-state index contributed by atoms with van der Waals surface area (Å²) in [7, 11) is 1.95. The Balaban J connectivity index is 1.73. The van der Waals surface area contributed by atoms with Crippen LogP contribution in [-0.2, 0) is 0 Å². The van der Waals surface area contributed by atoms with Gasteiger partial charge in [0, 0.05) is 25.1 Å². The fraction of sp³-hybridized carbons (Fsp3) is 0.222. The fourth-order valence-electron chi connectivity index (χ4n) is 2.70. The number of nitrogens with one attached hydrogen (secondary N) is 1. The molecule has 3 heterocycles. The molecule has 0 aliphatic heterocycles. The van der Waals surface area contributed by atoms with Gasteiger partial charge in [0.25, 0.3) is 0 Å². The van der Waals surface area contributed by atoms with Crippen LogP contribution in [0.3, 0.4) is 0 Å². The second-order valence-electron chi connectivity index (χ2n) is 5.93.